The molecule has 0 aliphatic heterocycles. The van der Waals surface area contributed by atoms with Gasteiger partial charge in [-0.3, -0.25) is 0 Å². The van der Waals surface area contributed by atoms with Gasteiger partial charge in [-0.05, 0) is 25.0 Å². The Labute approximate surface area is 108 Å². The fourth-order valence-electron chi connectivity index (χ4n) is 2.21. The second-order valence-corrected chi connectivity index (χ2v) is 5.33. The van der Waals surface area contributed by atoms with Crippen LogP contribution in [-0.2, 0) is 12.8 Å². The minimum absolute atomic E-state index is 0.222. The van der Waals surface area contributed by atoms with Gasteiger partial charge in [0.05, 0.1) is 11.8 Å². The summed E-state index contributed by atoms with van der Waals surface area (Å²) in [5, 5.41) is 9.62. The van der Waals surface area contributed by atoms with Crippen molar-refractivity contribution in [2.45, 2.75) is 25.4 Å². The zero-order valence-corrected chi connectivity index (χ0v) is 10.9. The van der Waals surface area contributed by atoms with Crippen LogP contribution in [0, 0.1) is 0 Å². The first kappa shape index (κ1) is 11.0. The number of benzene rings is 1. The van der Waals surface area contributed by atoms with Crippen LogP contribution in [0.2, 0.25) is 0 Å². The molecule has 1 atom stereocenters. The Hall–Kier alpha value is -1.13. The highest BCUT2D eigenvalue weighted by Gasteiger charge is 2.20. The first-order valence-electron chi connectivity index (χ1n) is 5.74. The molecular weight excluding hydrogens is 280 g/mol. The third-order valence-corrected chi connectivity index (χ3v) is 3.66. The zero-order chi connectivity index (χ0) is 11.8. The van der Waals surface area contributed by atoms with Gasteiger partial charge in [-0.15, -0.1) is 0 Å². The number of imidazole rings is 1. The molecule has 2 N–H and O–H groups in total. The van der Waals surface area contributed by atoms with E-state index in [0.717, 1.165) is 40.1 Å². The molecule has 0 saturated heterocycles. The lowest BCUT2D eigenvalue weighted by Crippen LogP contribution is -2.18. The molecule has 1 aromatic heterocycles. The molecule has 0 bridgehead atoms. The first-order valence-corrected chi connectivity index (χ1v) is 6.53. The third-order valence-electron chi connectivity index (χ3n) is 3.14. The van der Waals surface area contributed by atoms with Crippen molar-refractivity contribution in [3.8, 4) is 11.4 Å². The van der Waals surface area contributed by atoms with Crippen molar-refractivity contribution in [3.63, 3.8) is 0 Å². The van der Waals surface area contributed by atoms with Gasteiger partial charge in [-0.25, -0.2) is 4.98 Å². The SMILES string of the molecule is OC1CCc2nc(-c3ccc(Br)cc3)[nH]c2C1. The summed E-state index contributed by atoms with van der Waals surface area (Å²) in [4.78, 5) is 7.92. The Balaban J connectivity index is 1.97. The number of rotatable bonds is 1. The van der Waals surface area contributed by atoms with Crippen LogP contribution in [-0.4, -0.2) is 21.2 Å². The number of nitrogens with one attached hydrogen (secondary N) is 1. The van der Waals surface area contributed by atoms with E-state index in [1.807, 2.05) is 24.3 Å². The molecule has 4 heteroatoms. The number of aliphatic hydroxyl groups is 1. The highest BCUT2D eigenvalue weighted by molar-refractivity contribution is 9.10. The summed E-state index contributed by atoms with van der Waals surface area (Å²) < 4.78 is 1.06. The van der Waals surface area contributed by atoms with Crippen LogP contribution in [0.3, 0.4) is 0 Å². The second-order valence-electron chi connectivity index (χ2n) is 4.41. The number of nitrogens with zero attached hydrogens (tertiary/aromatic N) is 1. The Morgan fingerprint density at radius 1 is 1.29 bits per heavy atom. The summed E-state index contributed by atoms with van der Waals surface area (Å²) in [6.45, 7) is 0. The molecule has 2 aromatic rings. The lowest BCUT2D eigenvalue weighted by Gasteiger charge is -2.14. The van der Waals surface area contributed by atoms with Gasteiger partial charge >= 0.3 is 0 Å². The predicted molar refractivity (Wildman–Crippen MR) is 69.8 cm³/mol. The van der Waals surface area contributed by atoms with Gasteiger partial charge in [0.1, 0.15) is 5.82 Å². The number of fused-ring (bicyclic) bond motifs is 1. The van der Waals surface area contributed by atoms with Crippen molar-refractivity contribution in [2.24, 2.45) is 0 Å². The van der Waals surface area contributed by atoms with Gasteiger partial charge in [0.25, 0.3) is 0 Å². The Kier molecular flexibility index (Phi) is 2.76. The summed E-state index contributed by atoms with van der Waals surface area (Å²) in [5.74, 6) is 0.900. The molecule has 17 heavy (non-hydrogen) atoms. The molecule has 1 aliphatic carbocycles. The molecular formula is C13H13BrN2O. The van der Waals surface area contributed by atoms with E-state index >= 15 is 0 Å². The maximum absolute atomic E-state index is 9.62. The van der Waals surface area contributed by atoms with Crippen LogP contribution >= 0.6 is 15.9 Å². The number of aromatic amines is 1. The van der Waals surface area contributed by atoms with Crippen molar-refractivity contribution < 1.29 is 5.11 Å². The predicted octanol–water partition coefficient (Wildman–Crippen LogP) is 2.69. The number of halogens is 1. The van der Waals surface area contributed by atoms with Crippen molar-refractivity contribution in [2.75, 3.05) is 0 Å². The van der Waals surface area contributed by atoms with Crippen LogP contribution < -0.4 is 0 Å². The topological polar surface area (TPSA) is 48.9 Å². The molecule has 1 unspecified atom stereocenters. The average molecular weight is 293 g/mol. The fourth-order valence-corrected chi connectivity index (χ4v) is 2.47. The number of aryl methyl sites for hydroxylation is 1. The van der Waals surface area contributed by atoms with Crippen LogP contribution in [0.15, 0.2) is 28.7 Å². The normalized spacial score (nSPS) is 19.1. The van der Waals surface area contributed by atoms with E-state index in [2.05, 4.69) is 25.9 Å². The molecule has 1 aliphatic rings. The molecule has 0 fully saturated rings. The van der Waals surface area contributed by atoms with Crippen LogP contribution in [0.4, 0.5) is 0 Å². The molecule has 0 amide bonds. The Morgan fingerprint density at radius 3 is 2.82 bits per heavy atom. The molecule has 1 heterocycles. The van der Waals surface area contributed by atoms with Crippen LogP contribution in [0.25, 0.3) is 11.4 Å². The molecule has 0 spiro atoms. The fraction of sp³-hybridized carbons (Fsp3) is 0.308. The number of H-pyrrole nitrogens is 1. The molecule has 88 valence electrons. The first-order chi connectivity index (χ1) is 8.22. The standard InChI is InChI=1S/C13H13BrN2O/c14-9-3-1-8(2-4-9)13-15-11-6-5-10(17)7-12(11)16-13/h1-4,10,17H,5-7H2,(H,15,16). The quantitative estimate of drug-likeness (QED) is 0.849. The smallest absolute Gasteiger partial charge is 0.137 e. The third kappa shape index (κ3) is 2.15. The molecule has 0 radical (unpaired) electrons. The van der Waals surface area contributed by atoms with Crippen molar-refractivity contribution in [1.82, 2.24) is 9.97 Å². The van der Waals surface area contributed by atoms with Gasteiger partial charge in [-0.1, -0.05) is 28.1 Å². The summed E-state index contributed by atoms with van der Waals surface area (Å²) in [5.41, 5.74) is 3.27. The van der Waals surface area contributed by atoms with E-state index in [1.54, 1.807) is 0 Å². The summed E-state index contributed by atoms with van der Waals surface area (Å²) in [7, 11) is 0. The lowest BCUT2D eigenvalue weighted by molar-refractivity contribution is 0.157. The Bertz CT molecular complexity index is 533. The van der Waals surface area contributed by atoms with Gasteiger partial charge in [-0.2, -0.15) is 0 Å². The van der Waals surface area contributed by atoms with Gasteiger partial charge in [0.2, 0.25) is 0 Å². The van der Waals surface area contributed by atoms with E-state index in [-0.39, 0.29) is 6.10 Å². The van der Waals surface area contributed by atoms with Crippen molar-refractivity contribution in [3.05, 3.63) is 40.1 Å². The maximum atomic E-state index is 9.62. The van der Waals surface area contributed by atoms with Crippen molar-refractivity contribution >= 4 is 15.9 Å². The van der Waals surface area contributed by atoms with E-state index in [9.17, 15) is 5.11 Å². The number of aromatic nitrogens is 2. The van der Waals surface area contributed by atoms with E-state index in [0.29, 0.717) is 6.42 Å². The minimum Gasteiger partial charge on any atom is -0.393 e. The number of hydrogen-bond acceptors (Lipinski definition) is 2. The number of hydrogen-bond donors (Lipinski definition) is 2. The zero-order valence-electron chi connectivity index (χ0n) is 9.28. The highest BCUT2D eigenvalue weighted by Crippen LogP contribution is 2.25. The lowest BCUT2D eigenvalue weighted by atomic mass is 9.99. The van der Waals surface area contributed by atoms with Gasteiger partial charge in [0.15, 0.2) is 0 Å². The van der Waals surface area contributed by atoms with Crippen LogP contribution in [0.1, 0.15) is 17.8 Å². The van der Waals surface area contributed by atoms with Crippen LogP contribution in [0.5, 0.6) is 0 Å². The summed E-state index contributed by atoms with van der Waals surface area (Å²) in [6, 6.07) is 8.08. The number of aliphatic hydroxyl groups excluding tert-OH is 1. The highest BCUT2D eigenvalue weighted by atomic mass is 79.9. The van der Waals surface area contributed by atoms with Gasteiger partial charge < -0.3 is 10.1 Å². The Morgan fingerprint density at radius 2 is 2.06 bits per heavy atom. The maximum Gasteiger partial charge on any atom is 0.137 e. The summed E-state index contributed by atoms with van der Waals surface area (Å²) >= 11 is 3.42. The monoisotopic (exact) mass is 292 g/mol. The van der Waals surface area contributed by atoms with E-state index in [4.69, 9.17) is 0 Å². The largest absolute Gasteiger partial charge is 0.393 e. The van der Waals surface area contributed by atoms with E-state index in [1.165, 1.54) is 0 Å². The molecule has 0 saturated carbocycles. The van der Waals surface area contributed by atoms with Crippen molar-refractivity contribution in [1.29, 1.82) is 0 Å². The summed E-state index contributed by atoms with van der Waals surface area (Å²) in [6.07, 6.45) is 2.15. The molecule has 1 aromatic carbocycles. The second kappa shape index (κ2) is 4.27. The molecule has 3 nitrogen and oxygen atoms in total. The minimum atomic E-state index is -0.222. The molecule has 3 rings (SSSR count). The van der Waals surface area contributed by atoms with Gasteiger partial charge in [0, 0.05) is 22.2 Å². The average Bonchev–Trinajstić information content (AvgIpc) is 2.72. The van der Waals surface area contributed by atoms with E-state index < -0.39 is 0 Å².